The third kappa shape index (κ3) is 2.87. The minimum Gasteiger partial charge on any atom is -0.392 e. The Morgan fingerprint density at radius 1 is 1.59 bits per heavy atom. The summed E-state index contributed by atoms with van der Waals surface area (Å²) >= 11 is 0. The maximum Gasteiger partial charge on any atom is 0.122 e. The summed E-state index contributed by atoms with van der Waals surface area (Å²) in [6.07, 6.45) is 5.84. The molecule has 0 bridgehead atoms. The van der Waals surface area contributed by atoms with E-state index in [0.29, 0.717) is 5.92 Å². The predicted octanol–water partition coefficient (Wildman–Crippen LogP) is 1.40. The first-order valence-corrected chi connectivity index (χ1v) is 6.46. The average molecular weight is 237 g/mol. The fraction of sp³-hybridized carbons (Fsp3) is 0.769. The molecule has 2 rings (SSSR count). The number of aliphatic hydroxyl groups is 1. The Morgan fingerprint density at radius 2 is 2.35 bits per heavy atom. The number of aliphatic hydroxyl groups excluding tert-OH is 1. The molecule has 4 heteroatoms. The van der Waals surface area contributed by atoms with Crippen LogP contribution < -0.4 is 0 Å². The van der Waals surface area contributed by atoms with Crippen LogP contribution in [0.4, 0.5) is 0 Å². The third-order valence-electron chi connectivity index (χ3n) is 3.84. The molecule has 1 aromatic rings. The van der Waals surface area contributed by atoms with Crippen LogP contribution >= 0.6 is 0 Å². The third-order valence-corrected chi connectivity index (χ3v) is 3.84. The molecular weight excluding hydrogens is 214 g/mol. The first-order valence-electron chi connectivity index (χ1n) is 6.46. The van der Waals surface area contributed by atoms with E-state index in [1.807, 2.05) is 26.4 Å². The number of aromatic nitrogens is 2. The molecule has 1 aliphatic rings. The van der Waals surface area contributed by atoms with Crippen molar-refractivity contribution in [2.24, 2.45) is 13.0 Å². The van der Waals surface area contributed by atoms with Crippen LogP contribution in [0.5, 0.6) is 0 Å². The lowest BCUT2D eigenvalue weighted by atomic mass is 9.90. The van der Waals surface area contributed by atoms with Gasteiger partial charge in [0.25, 0.3) is 0 Å². The molecule has 1 saturated heterocycles. The van der Waals surface area contributed by atoms with Crippen LogP contribution in [0.15, 0.2) is 12.4 Å². The highest BCUT2D eigenvalue weighted by atomic mass is 16.3. The van der Waals surface area contributed by atoms with Gasteiger partial charge in [0.1, 0.15) is 5.82 Å². The molecule has 1 aromatic heterocycles. The molecule has 0 unspecified atom stereocenters. The predicted molar refractivity (Wildman–Crippen MR) is 67.5 cm³/mol. The number of nitrogens with zero attached hydrogens (tertiary/aromatic N) is 3. The summed E-state index contributed by atoms with van der Waals surface area (Å²) in [4.78, 5) is 6.73. The van der Waals surface area contributed by atoms with Gasteiger partial charge >= 0.3 is 0 Å². The van der Waals surface area contributed by atoms with Crippen molar-refractivity contribution < 1.29 is 5.11 Å². The summed E-state index contributed by atoms with van der Waals surface area (Å²) in [5, 5.41) is 9.89. The van der Waals surface area contributed by atoms with E-state index in [1.165, 1.54) is 6.42 Å². The van der Waals surface area contributed by atoms with E-state index in [2.05, 4.69) is 21.4 Å². The van der Waals surface area contributed by atoms with Gasteiger partial charge in [-0.15, -0.1) is 0 Å². The lowest BCUT2D eigenvalue weighted by Gasteiger charge is -2.39. The Morgan fingerprint density at radius 3 is 2.94 bits per heavy atom. The highest BCUT2D eigenvalue weighted by Gasteiger charge is 2.30. The minimum atomic E-state index is -0.266. The number of hydrogen-bond acceptors (Lipinski definition) is 3. The molecule has 0 aliphatic carbocycles. The van der Waals surface area contributed by atoms with Crippen molar-refractivity contribution >= 4 is 0 Å². The number of likely N-dealkylation sites (tertiary alicyclic amines) is 1. The topological polar surface area (TPSA) is 41.3 Å². The highest BCUT2D eigenvalue weighted by Crippen LogP contribution is 2.25. The molecule has 3 atom stereocenters. The van der Waals surface area contributed by atoms with E-state index in [-0.39, 0.29) is 12.1 Å². The van der Waals surface area contributed by atoms with Crippen molar-refractivity contribution in [3.05, 3.63) is 18.2 Å². The second kappa shape index (κ2) is 5.19. The number of rotatable bonds is 3. The fourth-order valence-electron chi connectivity index (χ4n) is 2.66. The molecule has 1 N–H and O–H groups in total. The van der Waals surface area contributed by atoms with Gasteiger partial charge in [0.2, 0.25) is 0 Å². The van der Waals surface area contributed by atoms with Gasteiger partial charge in [-0.3, -0.25) is 4.90 Å². The normalized spacial score (nSPS) is 28.2. The fourth-order valence-corrected chi connectivity index (χ4v) is 2.66. The Balaban J connectivity index is 2.05. The van der Waals surface area contributed by atoms with Crippen LogP contribution in [-0.2, 0) is 13.6 Å². The van der Waals surface area contributed by atoms with Gasteiger partial charge < -0.3 is 9.67 Å². The maximum absolute atomic E-state index is 9.89. The van der Waals surface area contributed by atoms with Crippen molar-refractivity contribution in [3.8, 4) is 0 Å². The minimum absolute atomic E-state index is 0.266. The standard InChI is InChI=1S/C13H23N3O/c1-10-4-6-16(12(8-10)11(2)17)9-13-14-5-7-15(13)3/h5,7,10-12,17H,4,6,8-9H2,1-3H3/t10-,11-,12-/m1/s1. The van der Waals surface area contributed by atoms with Crippen molar-refractivity contribution in [3.63, 3.8) is 0 Å². The molecule has 0 radical (unpaired) electrons. The second-order valence-corrected chi connectivity index (χ2v) is 5.36. The summed E-state index contributed by atoms with van der Waals surface area (Å²) in [6.45, 7) is 6.07. The molecule has 1 fully saturated rings. The molecule has 0 amide bonds. The first kappa shape index (κ1) is 12.6. The van der Waals surface area contributed by atoms with Crippen LogP contribution in [-0.4, -0.2) is 38.2 Å². The van der Waals surface area contributed by atoms with Crippen molar-refractivity contribution in [2.75, 3.05) is 6.54 Å². The summed E-state index contributed by atoms with van der Waals surface area (Å²) in [5.74, 6) is 1.79. The van der Waals surface area contributed by atoms with Crippen molar-refractivity contribution in [1.29, 1.82) is 0 Å². The number of piperidine rings is 1. The van der Waals surface area contributed by atoms with E-state index in [4.69, 9.17) is 0 Å². The zero-order valence-corrected chi connectivity index (χ0v) is 11.0. The van der Waals surface area contributed by atoms with Crippen molar-refractivity contribution in [2.45, 2.75) is 45.4 Å². The lowest BCUT2D eigenvalue weighted by Crippen LogP contribution is -2.47. The summed E-state index contributed by atoms with van der Waals surface area (Å²) in [7, 11) is 2.02. The summed E-state index contributed by atoms with van der Waals surface area (Å²) in [6, 6.07) is 0.274. The Labute approximate surface area is 103 Å². The molecule has 0 saturated carbocycles. The largest absolute Gasteiger partial charge is 0.392 e. The molecule has 1 aliphatic heterocycles. The van der Waals surface area contributed by atoms with Crippen LogP contribution in [0.3, 0.4) is 0 Å². The SMILES string of the molecule is C[C@@H]1CCN(Cc2nccn2C)[C@@H]([C@@H](C)O)C1. The van der Waals surface area contributed by atoms with Crippen LogP contribution in [0.25, 0.3) is 0 Å². The van der Waals surface area contributed by atoms with Gasteiger partial charge in [-0.25, -0.2) is 4.98 Å². The van der Waals surface area contributed by atoms with Gasteiger partial charge in [0, 0.05) is 25.5 Å². The number of imidazole rings is 1. The summed E-state index contributed by atoms with van der Waals surface area (Å²) in [5.41, 5.74) is 0. The van der Waals surface area contributed by atoms with E-state index >= 15 is 0 Å². The van der Waals surface area contributed by atoms with Crippen molar-refractivity contribution in [1.82, 2.24) is 14.5 Å². The van der Waals surface area contributed by atoms with Crippen LogP contribution in [0.2, 0.25) is 0 Å². The van der Waals surface area contributed by atoms with Crippen LogP contribution in [0.1, 0.15) is 32.5 Å². The molecule has 4 nitrogen and oxygen atoms in total. The van der Waals surface area contributed by atoms with Crippen LogP contribution in [0, 0.1) is 5.92 Å². The van der Waals surface area contributed by atoms with E-state index in [1.54, 1.807) is 0 Å². The van der Waals surface area contributed by atoms with Gasteiger partial charge in [0.05, 0.1) is 12.6 Å². The molecule has 17 heavy (non-hydrogen) atoms. The number of hydrogen-bond donors (Lipinski definition) is 1. The summed E-state index contributed by atoms with van der Waals surface area (Å²) < 4.78 is 2.05. The van der Waals surface area contributed by atoms with Gasteiger partial charge in [-0.05, 0) is 32.2 Å². The molecule has 0 spiro atoms. The maximum atomic E-state index is 9.89. The van der Waals surface area contributed by atoms with E-state index in [0.717, 1.165) is 25.3 Å². The highest BCUT2D eigenvalue weighted by molar-refractivity contribution is 4.94. The quantitative estimate of drug-likeness (QED) is 0.864. The first-order chi connectivity index (χ1) is 8.08. The molecule has 0 aromatic carbocycles. The monoisotopic (exact) mass is 237 g/mol. The molecular formula is C13H23N3O. The van der Waals surface area contributed by atoms with Gasteiger partial charge in [0.15, 0.2) is 0 Å². The van der Waals surface area contributed by atoms with Gasteiger partial charge in [-0.1, -0.05) is 6.92 Å². The smallest absolute Gasteiger partial charge is 0.122 e. The molecule has 2 heterocycles. The zero-order valence-electron chi connectivity index (χ0n) is 11.0. The van der Waals surface area contributed by atoms with E-state index in [9.17, 15) is 5.11 Å². The number of aryl methyl sites for hydroxylation is 1. The second-order valence-electron chi connectivity index (χ2n) is 5.36. The lowest BCUT2D eigenvalue weighted by molar-refractivity contribution is 0.0145. The zero-order chi connectivity index (χ0) is 12.4. The van der Waals surface area contributed by atoms with E-state index < -0.39 is 0 Å². The Bertz CT molecular complexity index is 361. The Hall–Kier alpha value is -0.870. The average Bonchev–Trinajstić information content (AvgIpc) is 2.67. The Kier molecular flexibility index (Phi) is 3.84. The van der Waals surface area contributed by atoms with Gasteiger partial charge in [-0.2, -0.15) is 0 Å². The molecule has 96 valence electrons.